The molecule has 4 heterocycles. The summed E-state index contributed by atoms with van der Waals surface area (Å²) in [5, 5.41) is 25.4. The maximum Gasteiger partial charge on any atom is 0.762 e. The Hall–Kier alpha value is -6.71. The van der Waals surface area contributed by atoms with E-state index >= 15 is 0 Å². The van der Waals surface area contributed by atoms with Gasteiger partial charge in [-0.3, -0.25) is 72.0 Å². The Balaban J connectivity index is 0.000000716. The number of hydrogen-bond donors (Lipinski definition) is 0. The third kappa shape index (κ3) is 35.8. The number of nitro benzene ring substituents is 2. The number of nitrogens with zero attached hydrogens (tertiary/aromatic N) is 10. The standard InChI is InChI=1S/C21H29Cl3N2.C17H15F9N2.C14H15Cl3N2.C14H16N4O4.4BF3.4FH/c22-17-14-19(23)21(20(24)15-17)26-13-12-25(16-26)18-10-8-6-4-2-1-3-5-7-9-11-18;18-15(19,20)10-7-12(16(21,22)23)14(13(8-10)17(24,25)26)28-6-5-27(9-28)11-3-1-2-4-11;15-10-7-12(16)14(13(17)8-10)19-6-5-18(9-19)11-3-1-2-4-11;19-17(20)13-7-12(8-14(9-13)18(21)22)16-6-5-15(10-16)11-3-1-2-4-11;4*2-1(3)4;;;;/h12-15,18H,1-11,16H2;5-8,11H,1-4,9H2;5-8,11H,1-4,9H2;5-9,11H,1-4,10H2;;;;;4*1H/p-4. The predicted octanol–water partition coefficient (Wildman–Crippen LogP) is 13.8. The molecule has 0 bridgehead atoms. The third-order valence-corrected chi connectivity index (χ3v) is 20.0. The summed E-state index contributed by atoms with van der Waals surface area (Å²) in [7, 11) is -14.7. The van der Waals surface area contributed by atoms with Crippen molar-refractivity contribution in [3.8, 4) is 0 Å². The van der Waals surface area contributed by atoms with Crippen LogP contribution in [0.15, 0.2) is 104 Å². The molecule has 4 aromatic carbocycles. The topological polar surface area (TPSA) is 112 Å². The van der Waals surface area contributed by atoms with Gasteiger partial charge in [0.15, 0.2) is 0 Å². The Morgan fingerprint density at radius 2 is 0.530 bits per heavy atom. The van der Waals surface area contributed by atoms with Crippen LogP contribution in [0.25, 0.3) is 0 Å². The molecule has 0 aromatic heterocycles. The van der Waals surface area contributed by atoms with Crippen LogP contribution in [0.3, 0.4) is 0 Å². The molecule has 0 saturated heterocycles. The number of non-ortho nitro benzene ring substituents is 2. The monoisotopic (exact) mass is 1800 g/mol. The molecule has 4 saturated carbocycles. The summed E-state index contributed by atoms with van der Waals surface area (Å²) in [4.78, 5) is 36.1. The number of halogens is 31. The van der Waals surface area contributed by atoms with Gasteiger partial charge in [-0.05, 0) is 87.8 Å². The summed E-state index contributed by atoms with van der Waals surface area (Å²) in [5.74, 6) is 0. The molecule has 4 aliphatic heterocycles. The average Bonchev–Trinajstić information content (AvgIpc) is 1.69. The minimum Gasteiger partial charge on any atom is -1.00 e. The van der Waals surface area contributed by atoms with Crippen LogP contribution in [0.1, 0.15) is 164 Å². The Kier molecular flexibility index (Phi) is 47.1. The Morgan fingerprint density at radius 1 is 0.313 bits per heavy atom. The van der Waals surface area contributed by atoms with Crippen LogP contribution in [0, 0.1) is 20.2 Å². The third-order valence-electron chi connectivity index (χ3n) is 18.5. The first-order chi connectivity index (χ1) is 52.0. The van der Waals surface area contributed by atoms with Crippen LogP contribution in [0.4, 0.5) is 125 Å². The van der Waals surface area contributed by atoms with E-state index in [9.17, 15) is 112 Å². The van der Waals surface area contributed by atoms with E-state index in [1.807, 2.05) is 18.6 Å². The van der Waals surface area contributed by atoms with Gasteiger partial charge in [-0.15, -0.1) is 0 Å². The van der Waals surface area contributed by atoms with Gasteiger partial charge in [0.05, 0.1) is 102 Å². The molecule has 0 radical (unpaired) electrons. The number of benzene rings is 4. The fraction of sp³-hybridized carbons (Fsp3) is 0.515. The predicted molar refractivity (Wildman–Crippen MR) is 395 cm³/mol. The van der Waals surface area contributed by atoms with Crippen LogP contribution in [-0.4, -0.2) is 110 Å². The molecule has 0 amide bonds. The van der Waals surface area contributed by atoms with Crippen LogP contribution < -0.4 is 38.4 Å². The molecular weight excluding hydrogens is 1730 g/mol. The molecule has 646 valence electrons. The summed E-state index contributed by atoms with van der Waals surface area (Å²) >= 11 is 37.3. The lowest BCUT2D eigenvalue weighted by atomic mass is 9.97. The van der Waals surface area contributed by atoms with Crippen molar-refractivity contribution in [2.24, 2.45) is 0 Å². The van der Waals surface area contributed by atoms with Gasteiger partial charge in [0, 0.05) is 95.9 Å². The lowest BCUT2D eigenvalue weighted by Crippen LogP contribution is -3.00. The van der Waals surface area contributed by atoms with Crippen molar-refractivity contribution in [1.29, 1.82) is 0 Å². The number of anilines is 4. The maximum atomic E-state index is 13.4. The van der Waals surface area contributed by atoms with Crippen LogP contribution in [0.2, 0.25) is 30.1 Å². The van der Waals surface area contributed by atoms with Crippen molar-refractivity contribution in [2.45, 2.75) is 190 Å². The van der Waals surface area contributed by atoms with Gasteiger partial charge in [0.1, 0.15) is 0 Å². The minimum absolute atomic E-state index is 0. The average molecular weight is 1800 g/mol. The highest BCUT2D eigenvalue weighted by molar-refractivity contribution is 6.43. The van der Waals surface area contributed by atoms with Crippen LogP contribution in [0.5, 0.6) is 0 Å². The molecule has 115 heavy (non-hydrogen) atoms. The van der Waals surface area contributed by atoms with E-state index in [0.717, 1.165) is 75.5 Å². The van der Waals surface area contributed by atoms with E-state index in [1.54, 1.807) is 34.1 Å². The summed E-state index contributed by atoms with van der Waals surface area (Å²) in [5.41, 5.74) is -5.61. The van der Waals surface area contributed by atoms with Crippen molar-refractivity contribution >= 4 is 134 Å². The Bertz CT molecular complexity index is 3560. The second-order valence-electron chi connectivity index (χ2n) is 26.0. The Morgan fingerprint density at radius 3 is 0.765 bits per heavy atom. The van der Waals surface area contributed by atoms with Gasteiger partial charge < -0.3 is 58.0 Å². The van der Waals surface area contributed by atoms with Crippen LogP contribution >= 0.6 is 69.6 Å². The normalized spacial score (nSPS) is 17.1. The minimum atomic E-state index is -5.40. The highest BCUT2D eigenvalue weighted by Crippen LogP contribution is 2.49. The molecule has 4 fully saturated rings. The highest BCUT2D eigenvalue weighted by atomic mass is 35.5. The molecule has 12 rings (SSSR count). The maximum absolute atomic E-state index is 13.4. The van der Waals surface area contributed by atoms with E-state index in [2.05, 4.69) is 43.1 Å². The number of hydrogen-bond acceptors (Lipinski definition) is 12. The lowest BCUT2D eigenvalue weighted by Gasteiger charge is -2.30. The van der Waals surface area contributed by atoms with E-state index in [4.69, 9.17) is 69.6 Å². The number of nitro groups is 2. The molecule has 8 aliphatic rings. The van der Waals surface area contributed by atoms with E-state index in [0.29, 0.717) is 65.5 Å². The number of rotatable bonds is 10. The van der Waals surface area contributed by atoms with Crippen molar-refractivity contribution in [1.82, 2.24) is 19.6 Å². The van der Waals surface area contributed by atoms with Gasteiger partial charge in [-0.25, -0.2) is 0 Å². The van der Waals surface area contributed by atoms with Gasteiger partial charge in [0.25, 0.3) is 11.4 Å². The van der Waals surface area contributed by atoms with Gasteiger partial charge in [-0.2, -0.15) is 39.5 Å². The summed E-state index contributed by atoms with van der Waals surface area (Å²) < 4.78 is 235. The first-order valence-electron chi connectivity index (χ1n) is 34.7. The molecule has 0 atom stereocenters. The summed E-state index contributed by atoms with van der Waals surface area (Å²) in [6.45, 7) is 1.91. The van der Waals surface area contributed by atoms with E-state index < -0.39 is 80.9 Å². The van der Waals surface area contributed by atoms with Crippen molar-refractivity contribution in [3.63, 3.8) is 0 Å². The van der Waals surface area contributed by atoms with E-state index in [1.165, 1.54) is 127 Å². The molecule has 49 heteroatoms. The molecule has 4 aromatic rings. The molecule has 4 aliphatic carbocycles. The second kappa shape index (κ2) is 50.9. The van der Waals surface area contributed by atoms with Crippen molar-refractivity contribution < 1.29 is 120 Å². The fourth-order valence-electron chi connectivity index (χ4n) is 13.6. The smallest absolute Gasteiger partial charge is 0.762 e. The van der Waals surface area contributed by atoms with Crippen molar-refractivity contribution in [3.05, 3.63) is 171 Å². The zero-order chi connectivity index (χ0) is 82.7. The van der Waals surface area contributed by atoms with Crippen molar-refractivity contribution in [2.75, 3.05) is 46.3 Å². The highest BCUT2D eigenvalue weighted by Gasteiger charge is 2.47. The zero-order valence-electron chi connectivity index (χ0n) is 60.3. The lowest BCUT2D eigenvalue weighted by molar-refractivity contribution is -0.394. The SMILES string of the molecule is Clc1cc(Cl)c(N2C=CN(C3CCCC3)C2)c(Cl)c1.Clc1cc(Cl)c(N2C=CN(C3CCCCCCCCCCC3)C2)c(Cl)c1.FB(F)F.FB(F)F.FB(F)F.FB(F)F.FC(F)(F)c1cc(C(F)(F)F)c(N2C=CN(C3CCCC3)C2)c(C(F)(F)F)c1.O=[N+]([O-])c1cc(N2C=CN(C3CCCC3)C2)cc([N+](=O)[O-])c1.[F-].[F-].[F-].[F-]. The largest absolute Gasteiger partial charge is 1.00 e. The first-order valence-corrected chi connectivity index (χ1v) is 37.0. The van der Waals surface area contributed by atoms with Crippen LogP contribution in [-0.2, 0) is 18.5 Å². The zero-order valence-corrected chi connectivity index (χ0v) is 64.9. The molecule has 0 spiro atoms. The summed E-state index contributed by atoms with van der Waals surface area (Å²) in [6, 6.07) is 11.9. The second-order valence-corrected chi connectivity index (χ2v) is 28.5. The molecule has 0 N–H and O–H groups in total. The first kappa shape index (κ1) is 106. The molecule has 14 nitrogen and oxygen atoms in total. The fourth-order valence-corrected chi connectivity index (χ4v) is 15.7. The Labute approximate surface area is 678 Å². The number of alkyl halides is 9. The van der Waals surface area contributed by atoms with E-state index in [-0.39, 0.29) is 55.0 Å². The van der Waals surface area contributed by atoms with Gasteiger partial charge in [0.2, 0.25) is 0 Å². The summed E-state index contributed by atoms with van der Waals surface area (Å²) in [6.07, 6.45) is 26.8. The molecular formula is C66H75B4Cl6F25N10O4-4. The quantitative estimate of drug-likeness (QED) is 0.0652. The van der Waals surface area contributed by atoms with Gasteiger partial charge in [-0.1, -0.05) is 166 Å². The van der Waals surface area contributed by atoms with Gasteiger partial charge >= 0.3 is 48.7 Å². The molecule has 0 unspecified atom stereocenters.